The highest BCUT2D eigenvalue weighted by Gasteiger charge is 2.21. The van der Waals surface area contributed by atoms with Gasteiger partial charge in [-0.3, -0.25) is 0 Å². The number of hydrogen-bond acceptors (Lipinski definition) is 2. The van der Waals surface area contributed by atoms with Crippen LogP contribution in [0.3, 0.4) is 0 Å². The topological polar surface area (TPSA) is 35.6 Å². The van der Waals surface area contributed by atoms with Gasteiger partial charge in [0.2, 0.25) is 0 Å². The monoisotopic (exact) mass is 562 g/mol. The SMILES string of the molecule is c1ccc(-c2nc(-c3ccc(-n4c5ccccc5c5c4c4ccccc4n5-c4ccccc4)cc3)nc3ccccc23)cc1. The van der Waals surface area contributed by atoms with Crippen LogP contribution >= 0.6 is 0 Å². The molecule has 0 bridgehead atoms. The number of para-hydroxylation sites is 4. The van der Waals surface area contributed by atoms with E-state index in [9.17, 15) is 0 Å². The fourth-order valence-corrected chi connectivity index (χ4v) is 6.58. The molecule has 9 rings (SSSR count). The van der Waals surface area contributed by atoms with E-state index in [1.807, 2.05) is 18.2 Å². The molecule has 4 nitrogen and oxygen atoms in total. The molecule has 0 unspecified atom stereocenters. The minimum absolute atomic E-state index is 0.720. The summed E-state index contributed by atoms with van der Waals surface area (Å²) < 4.78 is 4.79. The van der Waals surface area contributed by atoms with E-state index in [1.165, 1.54) is 32.8 Å². The molecule has 9 aromatic rings. The van der Waals surface area contributed by atoms with Crippen molar-refractivity contribution in [2.45, 2.75) is 0 Å². The van der Waals surface area contributed by atoms with Gasteiger partial charge in [0.1, 0.15) is 0 Å². The van der Waals surface area contributed by atoms with Crippen molar-refractivity contribution in [1.29, 1.82) is 0 Å². The number of nitrogens with zero attached hydrogens (tertiary/aromatic N) is 4. The number of benzene rings is 6. The molecule has 3 aromatic heterocycles. The van der Waals surface area contributed by atoms with Crippen molar-refractivity contribution in [2.24, 2.45) is 0 Å². The highest BCUT2D eigenvalue weighted by atomic mass is 15.1. The Morgan fingerprint density at radius 3 is 1.50 bits per heavy atom. The number of rotatable bonds is 4. The largest absolute Gasteiger partial charge is 0.307 e. The first-order valence-corrected chi connectivity index (χ1v) is 14.9. The summed E-state index contributed by atoms with van der Waals surface area (Å²) in [6, 6.07) is 55.3. The van der Waals surface area contributed by atoms with Gasteiger partial charge in [-0.25, -0.2) is 9.97 Å². The van der Waals surface area contributed by atoms with E-state index >= 15 is 0 Å². The molecule has 0 aliphatic rings. The lowest BCUT2D eigenvalue weighted by Crippen LogP contribution is -1.97. The standard InChI is InChI=1S/C40H26N4/c1-3-13-27(14-4-1)37-31-17-7-10-20-34(31)41-40(42-37)28-23-25-30(26-24-28)44-36-22-12-9-19-33(36)38-39(44)32-18-8-11-21-35(32)43(38)29-15-5-2-6-16-29/h1-26H. The van der Waals surface area contributed by atoms with Crippen LogP contribution in [0.4, 0.5) is 0 Å². The lowest BCUT2D eigenvalue weighted by Gasteiger charge is -2.11. The highest BCUT2D eigenvalue weighted by molar-refractivity contribution is 6.19. The summed E-state index contributed by atoms with van der Waals surface area (Å²) in [5.41, 5.74) is 11.0. The maximum Gasteiger partial charge on any atom is 0.160 e. The summed E-state index contributed by atoms with van der Waals surface area (Å²) in [5.74, 6) is 0.720. The molecule has 206 valence electrons. The molecule has 0 amide bonds. The normalized spacial score (nSPS) is 11.6. The Bertz CT molecular complexity index is 2460. The van der Waals surface area contributed by atoms with Crippen LogP contribution < -0.4 is 0 Å². The van der Waals surface area contributed by atoms with Gasteiger partial charge in [-0.05, 0) is 54.6 Å². The van der Waals surface area contributed by atoms with Gasteiger partial charge in [0.15, 0.2) is 5.82 Å². The lowest BCUT2D eigenvalue weighted by molar-refractivity contribution is 1.17. The minimum atomic E-state index is 0.720. The maximum absolute atomic E-state index is 5.09. The second-order valence-electron chi connectivity index (χ2n) is 11.1. The second-order valence-corrected chi connectivity index (χ2v) is 11.1. The van der Waals surface area contributed by atoms with Crippen LogP contribution in [-0.4, -0.2) is 19.1 Å². The van der Waals surface area contributed by atoms with Crippen LogP contribution in [0.2, 0.25) is 0 Å². The zero-order valence-electron chi connectivity index (χ0n) is 23.8. The second kappa shape index (κ2) is 9.79. The van der Waals surface area contributed by atoms with E-state index < -0.39 is 0 Å². The van der Waals surface area contributed by atoms with Crippen LogP contribution in [0.25, 0.3) is 77.8 Å². The average molecular weight is 563 g/mol. The van der Waals surface area contributed by atoms with E-state index in [-0.39, 0.29) is 0 Å². The van der Waals surface area contributed by atoms with E-state index in [2.05, 4.69) is 149 Å². The van der Waals surface area contributed by atoms with Crippen LogP contribution in [0.1, 0.15) is 0 Å². The van der Waals surface area contributed by atoms with Gasteiger partial charge in [-0.2, -0.15) is 0 Å². The number of fused-ring (bicyclic) bond motifs is 6. The van der Waals surface area contributed by atoms with Crippen molar-refractivity contribution in [2.75, 3.05) is 0 Å². The molecule has 3 heterocycles. The molecule has 0 spiro atoms. The molecule has 0 aliphatic carbocycles. The molecule has 6 aromatic carbocycles. The van der Waals surface area contributed by atoms with Crippen molar-refractivity contribution in [3.63, 3.8) is 0 Å². The third-order valence-corrected chi connectivity index (χ3v) is 8.52. The Balaban J connectivity index is 1.26. The first kappa shape index (κ1) is 24.6. The minimum Gasteiger partial charge on any atom is -0.307 e. The molecule has 0 N–H and O–H groups in total. The van der Waals surface area contributed by atoms with Crippen LogP contribution in [-0.2, 0) is 0 Å². The van der Waals surface area contributed by atoms with E-state index in [0.717, 1.165) is 44.9 Å². The van der Waals surface area contributed by atoms with Crippen molar-refractivity contribution < 1.29 is 0 Å². The molecule has 0 aliphatic heterocycles. The molecule has 0 atom stereocenters. The van der Waals surface area contributed by atoms with Crippen molar-refractivity contribution in [3.05, 3.63) is 158 Å². The van der Waals surface area contributed by atoms with E-state index in [0.29, 0.717) is 0 Å². The summed E-state index contributed by atoms with van der Waals surface area (Å²) in [6.45, 7) is 0. The van der Waals surface area contributed by atoms with Gasteiger partial charge in [0.25, 0.3) is 0 Å². The first-order valence-electron chi connectivity index (χ1n) is 14.9. The van der Waals surface area contributed by atoms with Crippen LogP contribution in [0, 0.1) is 0 Å². The van der Waals surface area contributed by atoms with Gasteiger partial charge < -0.3 is 9.13 Å². The van der Waals surface area contributed by atoms with Gasteiger partial charge in [-0.15, -0.1) is 0 Å². The van der Waals surface area contributed by atoms with Crippen molar-refractivity contribution >= 4 is 43.7 Å². The van der Waals surface area contributed by atoms with Crippen molar-refractivity contribution in [3.8, 4) is 34.0 Å². The Morgan fingerprint density at radius 2 is 0.864 bits per heavy atom. The molecule has 0 fully saturated rings. The third-order valence-electron chi connectivity index (χ3n) is 8.52. The Labute approximate surface area is 254 Å². The third kappa shape index (κ3) is 3.71. The Morgan fingerprint density at radius 1 is 0.364 bits per heavy atom. The van der Waals surface area contributed by atoms with E-state index in [1.54, 1.807) is 0 Å². The number of aromatic nitrogens is 4. The molecule has 0 saturated carbocycles. The summed E-state index contributed by atoms with van der Waals surface area (Å²) >= 11 is 0. The zero-order valence-corrected chi connectivity index (χ0v) is 23.8. The fraction of sp³-hybridized carbons (Fsp3) is 0. The summed E-state index contributed by atoms with van der Waals surface area (Å²) in [6.07, 6.45) is 0. The van der Waals surface area contributed by atoms with Gasteiger partial charge in [0, 0.05) is 38.7 Å². The predicted octanol–water partition coefficient (Wildman–Crippen LogP) is 10.0. The Hall–Kier alpha value is -6.00. The van der Waals surface area contributed by atoms with Crippen LogP contribution in [0.15, 0.2) is 158 Å². The zero-order chi connectivity index (χ0) is 29.0. The number of hydrogen-bond donors (Lipinski definition) is 0. The van der Waals surface area contributed by atoms with Crippen LogP contribution in [0.5, 0.6) is 0 Å². The van der Waals surface area contributed by atoms with Gasteiger partial charge in [-0.1, -0.05) is 103 Å². The molecule has 44 heavy (non-hydrogen) atoms. The predicted molar refractivity (Wildman–Crippen MR) is 182 cm³/mol. The smallest absolute Gasteiger partial charge is 0.160 e. The fourth-order valence-electron chi connectivity index (χ4n) is 6.58. The van der Waals surface area contributed by atoms with Gasteiger partial charge in [0.05, 0.1) is 33.3 Å². The van der Waals surface area contributed by atoms with Gasteiger partial charge >= 0.3 is 0 Å². The highest BCUT2D eigenvalue weighted by Crippen LogP contribution is 2.40. The summed E-state index contributed by atoms with van der Waals surface area (Å²) in [7, 11) is 0. The molecule has 4 heteroatoms. The van der Waals surface area contributed by atoms with E-state index in [4.69, 9.17) is 9.97 Å². The summed E-state index contributed by atoms with van der Waals surface area (Å²) in [4.78, 5) is 10.1. The summed E-state index contributed by atoms with van der Waals surface area (Å²) in [5, 5.41) is 3.49. The lowest BCUT2D eigenvalue weighted by atomic mass is 10.1. The first-order chi connectivity index (χ1) is 21.8. The molecular weight excluding hydrogens is 536 g/mol. The average Bonchev–Trinajstić information content (AvgIpc) is 3.61. The van der Waals surface area contributed by atoms with Crippen molar-refractivity contribution in [1.82, 2.24) is 19.1 Å². The maximum atomic E-state index is 5.09. The Kier molecular flexibility index (Phi) is 5.47. The molecule has 0 radical (unpaired) electrons. The molecule has 0 saturated heterocycles. The molecular formula is C40H26N4. The quantitative estimate of drug-likeness (QED) is 0.214.